The molecule has 0 aliphatic carbocycles. The number of hydrogen-bond donors (Lipinski definition) is 2. The first-order valence-electron chi connectivity index (χ1n) is 5.82. The molecule has 1 aromatic rings. The summed E-state index contributed by atoms with van der Waals surface area (Å²) in [4.78, 5) is 20.9. The zero-order valence-electron chi connectivity index (χ0n) is 10.4. The number of nitrogens with zero attached hydrogens (tertiary/aromatic N) is 1. The highest BCUT2D eigenvalue weighted by atomic mass is 127. The van der Waals surface area contributed by atoms with Crippen LogP contribution >= 0.6 is 22.6 Å². The Morgan fingerprint density at radius 1 is 1.58 bits per heavy atom. The Morgan fingerprint density at radius 2 is 2.26 bits per heavy atom. The first-order chi connectivity index (χ1) is 8.90. The minimum atomic E-state index is -0.826. The number of nitro groups is 1. The first-order valence-corrected chi connectivity index (χ1v) is 6.90. The lowest BCUT2D eigenvalue weighted by atomic mass is 10.1. The van der Waals surface area contributed by atoms with E-state index < -0.39 is 10.9 Å². The lowest BCUT2D eigenvalue weighted by molar-refractivity contribution is -0.384. The number of carboxylic acids is 1. The average Bonchev–Trinajstić information content (AvgIpc) is 2.30. The molecular weight excluding hydrogens is 363 g/mol. The fourth-order valence-electron chi connectivity index (χ4n) is 1.68. The van der Waals surface area contributed by atoms with Crippen LogP contribution in [-0.4, -0.2) is 22.0 Å². The third kappa shape index (κ3) is 5.41. The number of aliphatic carboxylic acids is 1. The topological polar surface area (TPSA) is 92.5 Å². The maximum absolute atomic E-state index is 10.9. The van der Waals surface area contributed by atoms with Crippen LogP contribution in [-0.2, 0) is 4.79 Å². The number of halogens is 1. The Labute approximate surface area is 124 Å². The number of benzene rings is 1. The zero-order valence-corrected chi connectivity index (χ0v) is 12.6. The van der Waals surface area contributed by atoms with Crippen LogP contribution in [0.2, 0.25) is 0 Å². The third-order valence-electron chi connectivity index (χ3n) is 2.59. The summed E-state index contributed by atoms with van der Waals surface area (Å²) < 4.78 is 0.799. The lowest BCUT2D eigenvalue weighted by Crippen LogP contribution is -2.16. The minimum Gasteiger partial charge on any atom is -0.481 e. The fourth-order valence-corrected chi connectivity index (χ4v) is 2.15. The highest BCUT2D eigenvalue weighted by Gasteiger charge is 2.15. The van der Waals surface area contributed by atoms with E-state index in [0.29, 0.717) is 18.5 Å². The maximum Gasteiger partial charge on any atom is 0.303 e. The summed E-state index contributed by atoms with van der Waals surface area (Å²) in [7, 11) is 0. The molecule has 0 aliphatic rings. The van der Waals surface area contributed by atoms with E-state index in [1.807, 2.05) is 29.5 Å². The van der Waals surface area contributed by atoms with Gasteiger partial charge in [-0.3, -0.25) is 14.9 Å². The van der Waals surface area contributed by atoms with Gasteiger partial charge in [0.2, 0.25) is 0 Å². The standard InChI is InChI=1S/C12H15IN2O4/c1-8(3-2-4-12(16)17)14-10-6-5-9(13)7-11(10)15(18)19/h5-8,14H,2-4H2,1H3,(H,16,17). The van der Waals surface area contributed by atoms with E-state index in [-0.39, 0.29) is 18.2 Å². The van der Waals surface area contributed by atoms with E-state index in [0.717, 1.165) is 3.57 Å². The molecule has 0 fully saturated rings. The van der Waals surface area contributed by atoms with Crippen molar-refractivity contribution in [1.82, 2.24) is 0 Å². The van der Waals surface area contributed by atoms with Crippen molar-refractivity contribution in [1.29, 1.82) is 0 Å². The molecule has 0 saturated carbocycles. The average molecular weight is 378 g/mol. The SMILES string of the molecule is CC(CCCC(=O)O)Nc1ccc(I)cc1[N+](=O)[O-]. The molecular formula is C12H15IN2O4. The monoisotopic (exact) mass is 378 g/mol. The summed E-state index contributed by atoms with van der Waals surface area (Å²) >= 11 is 2.02. The summed E-state index contributed by atoms with van der Waals surface area (Å²) in [6.07, 6.45) is 1.30. The van der Waals surface area contributed by atoms with Crippen molar-refractivity contribution in [2.24, 2.45) is 0 Å². The second-order valence-electron chi connectivity index (χ2n) is 4.25. The predicted molar refractivity (Wildman–Crippen MR) is 80.4 cm³/mol. The van der Waals surface area contributed by atoms with E-state index in [1.54, 1.807) is 12.1 Å². The smallest absolute Gasteiger partial charge is 0.303 e. The van der Waals surface area contributed by atoms with Crippen molar-refractivity contribution in [3.05, 3.63) is 31.9 Å². The van der Waals surface area contributed by atoms with E-state index >= 15 is 0 Å². The Kier molecular flexibility index (Phi) is 6.00. The molecule has 1 rings (SSSR count). The normalized spacial score (nSPS) is 11.9. The van der Waals surface area contributed by atoms with Crippen LogP contribution in [0.15, 0.2) is 18.2 Å². The second kappa shape index (κ2) is 7.27. The summed E-state index contributed by atoms with van der Waals surface area (Å²) in [5.41, 5.74) is 0.505. The van der Waals surface area contributed by atoms with Crippen molar-refractivity contribution >= 4 is 39.9 Å². The number of rotatable bonds is 7. The molecule has 0 aliphatic heterocycles. The van der Waals surface area contributed by atoms with Crippen LogP contribution in [0.5, 0.6) is 0 Å². The van der Waals surface area contributed by atoms with Crippen molar-refractivity contribution in [3.8, 4) is 0 Å². The van der Waals surface area contributed by atoms with Crippen LogP contribution in [0.3, 0.4) is 0 Å². The van der Waals surface area contributed by atoms with Crippen molar-refractivity contribution in [2.75, 3.05) is 5.32 Å². The van der Waals surface area contributed by atoms with Gasteiger partial charge >= 0.3 is 5.97 Å². The van der Waals surface area contributed by atoms with Crippen LogP contribution in [0.4, 0.5) is 11.4 Å². The maximum atomic E-state index is 10.9. The molecule has 7 heteroatoms. The van der Waals surface area contributed by atoms with E-state index in [4.69, 9.17) is 5.11 Å². The molecule has 0 amide bonds. The van der Waals surface area contributed by atoms with Crippen LogP contribution in [0.25, 0.3) is 0 Å². The quantitative estimate of drug-likeness (QED) is 0.432. The van der Waals surface area contributed by atoms with Crippen LogP contribution < -0.4 is 5.32 Å². The second-order valence-corrected chi connectivity index (χ2v) is 5.50. The van der Waals surface area contributed by atoms with Crippen LogP contribution in [0.1, 0.15) is 26.2 Å². The van der Waals surface area contributed by atoms with Gasteiger partial charge in [0, 0.05) is 22.1 Å². The van der Waals surface area contributed by atoms with Gasteiger partial charge in [-0.05, 0) is 54.5 Å². The third-order valence-corrected chi connectivity index (χ3v) is 3.26. The zero-order chi connectivity index (χ0) is 14.4. The van der Waals surface area contributed by atoms with Gasteiger partial charge in [-0.2, -0.15) is 0 Å². The molecule has 0 spiro atoms. The van der Waals surface area contributed by atoms with Gasteiger partial charge in [0.25, 0.3) is 5.69 Å². The number of anilines is 1. The fraction of sp³-hybridized carbons (Fsp3) is 0.417. The molecule has 6 nitrogen and oxygen atoms in total. The molecule has 0 aromatic heterocycles. The van der Waals surface area contributed by atoms with Gasteiger partial charge in [-0.15, -0.1) is 0 Å². The molecule has 104 valence electrons. The molecule has 2 N–H and O–H groups in total. The molecule has 1 unspecified atom stereocenters. The predicted octanol–water partition coefficient (Wildman–Crippen LogP) is 3.25. The molecule has 0 radical (unpaired) electrons. The Hall–Kier alpha value is -1.38. The molecule has 0 bridgehead atoms. The van der Waals surface area contributed by atoms with Gasteiger partial charge in [-0.25, -0.2) is 0 Å². The number of carbonyl (C=O) groups is 1. The number of hydrogen-bond acceptors (Lipinski definition) is 4. The lowest BCUT2D eigenvalue weighted by Gasteiger charge is -2.14. The molecule has 1 aromatic carbocycles. The highest BCUT2D eigenvalue weighted by Crippen LogP contribution is 2.27. The summed E-state index contributed by atoms with van der Waals surface area (Å²) in [6, 6.07) is 4.96. The summed E-state index contributed by atoms with van der Waals surface area (Å²) in [6.45, 7) is 1.88. The molecule has 19 heavy (non-hydrogen) atoms. The summed E-state index contributed by atoms with van der Waals surface area (Å²) in [5.74, 6) is -0.826. The van der Waals surface area contributed by atoms with Gasteiger partial charge in [0.1, 0.15) is 5.69 Å². The van der Waals surface area contributed by atoms with E-state index in [2.05, 4.69) is 5.32 Å². The number of nitrogens with one attached hydrogen (secondary N) is 1. The first kappa shape index (κ1) is 15.7. The van der Waals surface area contributed by atoms with E-state index in [1.165, 1.54) is 6.07 Å². The Bertz CT molecular complexity index is 479. The van der Waals surface area contributed by atoms with Crippen molar-refractivity contribution in [3.63, 3.8) is 0 Å². The minimum absolute atomic E-state index is 0.0156. The largest absolute Gasteiger partial charge is 0.481 e. The van der Waals surface area contributed by atoms with Gasteiger partial charge in [0.15, 0.2) is 0 Å². The van der Waals surface area contributed by atoms with Crippen molar-refractivity contribution in [2.45, 2.75) is 32.2 Å². The summed E-state index contributed by atoms with van der Waals surface area (Å²) in [5, 5.41) is 22.6. The number of carboxylic acid groups (broad SMARTS) is 1. The van der Waals surface area contributed by atoms with Gasteiger partial charge < -0.3 is 10.4 Å². The van der Waals surface area contributed by atoms with Crippen LogP contribution in [0, 0.1) is 13.7 Å². The highest BCUT2D eigenvalue weighted by molar-refractivity contribution is 14.1. The molecule has 0 saturated heterocycles. The molecule has 0 heterocycles. The van der Waals surface area contributed by atoms with E-state index in [9.17, 15) is 14.9 Å². The Balaban J connectivity index is 2.65. The molecule has 1 atom stereocenters. The van der Waals surface area contributed by atoms with Crippen molar-refractivity contribution < 1.29 is 14.8 Å². The Morgan fingerprint density at radius 3 is 2.84 bits per heavy atom. The van der Waals surface area contributed by atoms with Gasteiger partial charge in [-0.1, -0.05) is 0 Å². The number of nitro benzene ring substituents is 1. The van der Waals surface area contributed by atoms with Gasteiger partial charge in [0.05, 0.1) is 4.92 Å².